The molecular formula is C17H19N5O2S. The van der Waals surface area contributed by atoms with Gasteiger partial charge in [-0.25, -0.2) is 8.42 Å². The highest BCUT2D eigenvalue weighted by molar-refractivity contribution is 7.92. The van der Waals surface area contributed by atoms with Crippen LogP contribution in [0, 0.1) is 6.92 Å². The fourth-order valence-electron chi connectivity index (χ4n) is 2.42. The number of H-pyrrole nitrogens is 1. The van der Waals surface area contributed by atoms with E-state index in [0.29, 0.717) is 17.2 Å². The number of sulfonamides is 1. The van der Waals surface area contributed by atoms with Gasteiger partial charge in [-0.3, -0.25) is 9.82 Å². The summed E-state index contributed by atoms with van der Waals surface area (Å²) in [6.45, 7) is 1.89. The Morgan fingerprint density at radius 3 is 2.44 bits per heavy atom. The van der Waals surface area contributed by atoms with Gasteiger partial charge in [0.2, 0.25) is 10.0 Å². The number of nitrogens with zero attached hydrogens (tertiary/aromatic N) is 1. The zero-order chi connectivity index (χ0) is 18.0. The second kappa shape index (κ2) is 6.48. The quantitative estimate of drug-likeness (QED) is 0.524. The van der Waals surface area contributed by atoms with E-state index in [-0.39, 0.29) is 0 Å². The van der Waals surface area contributed by atoms with Crippen LogP contribution in [0.1, 0.15) is 5.56 Å². The maximum atomic E-state index is 11.3. The van der Waals surface area contributed by atoms with Crippen molar-refractivity contribution < 1.29 is 8.42 Å². The average Bonchev–Trinajstić information content (AvgIpc) is 2.98. The number of aromatic amines is 1. The first kappa shape index (κ1) is 16.8. The lowest BCUT2D eigenvalue weighted by Gasteiger charge is -2.10. The molecule has 5 N–H and O–H groups in total. The molecule has 0 aliphatic heterocycles. The van der Waals surface area contributed by atoms with Gasteiger partial charge in [0.1, 0.15) is 0 Å². The van der Waals surface area contributed by atoms with E-state index in [9.17, 15) is 8.42 Å². The molecule has 1 heterocycles. The van der Waals surface area contributed by atoms with Crippen molar-refractivity contribution >= 4 is 32.9 Å². The summed E-state index contributed by atoms with van der Waals surface area (Å²) in [7, 11) is -3.29. The van der Waals surface area contributed by atoms with Crippen molar-refractivity contribution in [2.75, 3.05) is 22.0 Å². The summed E-state index contributed by atoms with van der Waals surface area (Å²) in [5.74, 6) is 0.666. The summed E-state index contributed by atoms with van der Waals surface area (Å²) in [4.78, 5) is 0. The Hall–Kier alpha value is -3.00. The number of nitrogen functional groups attached to an aromatic ring is 1. The van der Waals surface area contributed by atoms with Gasteiger partial charge in [0.15, 0.2) is 5.82 Å². The first-order valence-corrected chi connectivity index (χ1v) is 9.46. The topological polar surface area (TPSA) is 113 Å². The molecule has 0 fully saturated rings. The van der Waals surface area contributed by atoms with Crippen LogP contribution in [0.15, 0.2) is 48.5 Å². The number of nitrogens with one attached hydrogen (secondary N) is 3. The molecule has 0 atom stereocenters. The van der Waals surface area contributed by atoms with Crippen LogP contribution >= 0.6 is 0 Å². The summed E-state index contributed by atoms with van der Waals surface area (Å²) in [5, 5.41) is 10.5. The monoisotopic (exact) mass is 357 g/mol. The van der Waals surface area contributed by atoms with Crippen LogP contribution < -0.4 is 15.8 Å². The fourth-order valence-corrected chi connectivity index (χ4v) is 2.97. The van der Waals surface area contributed by atoms with E-state index in [0.717, 1.165) is 28.8 Å². The third kappa shape index (κ3) is 4.30. The Labute approximate surface area is 146 Å². The minimum atomic E-state index is -3.29. The Bertz CT molecular complexity index is 994. The zero-order valence-corrected chi connectivity index (χ0v) is 14.7. The fraction of sp³-hybridized carbons (Fsp3) is 0.118. The number of nitrogens with two attached hydrogens (primary N) is 1. The summed E-state index contributed by atoms with van der Waals surface area (Å²) < 4.78 is 25.1. The minimum Gasteiger partial charge on any atom is -0.399 e. The molecule has 25 heavy (non-hydrogen) atoms. The zero-order valence-electron chi connectivity index (χ0n) is 13.9. The van der Waals surface area contributed by atoms with Crippen molar-refractivity contribution in [2.45, 2.75) is 6.92 Å². The van der Waals surface area contributed by atoms with Gasteiger partial charge in [0.25, 0.3) is 0 Å². The van der Waals surface area contributed by atoms with Gasteiger partial charge >= 0.3 is 0 Å². The minimum absolute atomic E-state index is 0.523. The molecule has 1 aromatic heterocycles. The standard InChI is InChI=1S/C17H19N5O2S/c1-11-9-14(22-25(2,23)24)7-8-15(11)19-17-10-16(20-21-17)12-3-5-13(18)6-4-12/h3-10,22H,18H2,1-2H3,(H2,19,20,21). The second-order valence-electron chi connectivity index (χ2n) is 5.82. The van der Waals surface area contributed by atoms with Crippen molar-refractivity contribution in [3.63, 3.8) is 0 Å². The molecule has 0 spiro atoms. The molecule has 0 bridgehead atoms. The molecule has 7 nitrogen and oxygen atoms in total. The Balaban J connectivity index is 1.78. The van der Waals surface area contributed by atoms with Crippen LogP contribution in [0.25, 0.3) is 11.3 Å². The molecule has 130 valence electrons. The van der Waals surface area contributed by atoms with E-state index < -0.39 is 10.0 Å². The van der Waals surface area contributed by atoms with Gasteiger partial charge < -0.3 is 11.1 Å². The number of hydrogen-bond acceptors (Lipinski definition) is 5. The third-order valence-corrected chi connectivity index (χ3v) is 4.20. The number of anilines is 4. The predicted octanol–water partition coefficient (Wildman–Crippen LogP) is 3.08. The van der Waals surface area contributed by atoms with Crippen LogP contribution in [0.2, 0.25) is 0 Å². The molecule has 3 rings (SSSR count). The molecule has 0 amide bonds. The van der Waals surface area contributed by atoms with Crippen LogP contribution in [0.4, 0.5) is 22.9 Å². The first-order valence-electron chi connectivity index (χ1n) is 7.57. The van der Waals surface area contributed by atoms with E-state index in [2.05, 4.69) is 20.2 Å². The molecule has 0 radical (unpaired) electrons. The molecule has 0 aliphatic carbocycles. The van der Waals surface area contributed by atoms with E-state index in [1.54, 1.807) is 18.2 Å². The third-order valence-electron chi connectivity index (χ3n) is 3.59. The van der Waals surface area contributed by atoms with E-state index >= 15 is 0 Å². The number of benzene rings is 2. The average molecular weight is 357 g/mol. The maximum Gasteiger partial charge on any atom is 0.229 e. The summed E-state index contributed by atoms with van der Waals surface area (Å²) in [6.07, 6.45) is 1.12. The Morgan fingerprint density at radius 2 is 1.80 bits per heavy atom. The second-order valence-corrected chi connectivity index (χ2v) is 7.57. The lowest BCUT2D eigenvalue weighted by atomic mass is 10.1. The number of aromatic nitrogens is 2. The molecule has 2 aromatic carbocycles. The van der Waals surface area contributed by atoms with Crippen molar-refractivity contribution in [1.29, 1.82) is 0 Å². The summed E-state index contributed by atoms with van der Waals surface area (Å²) in [5.41, 5.74) is 10.5. The van der Waals surface area contributed by atoms with Crippen LogP contribution in [-0.2, 0) is 10.0 Å². The smallest absolute Gasteiger partial charge is 0.229 e. The highest BCUT2D eigenvalue weighted by atomic mass is 32.2. The van der Waals surface area contributed by atoms with E-state index in [1.807, 2.05) is 37.3 Å². The van der Waals surface area contributed by atoms with Crippen LogP contribution in [0.5, 0.6) is 0 Å². The van der Waals surface area contributed by atoms with Crippen molar-refractivity contribution in [3.8, 4) is 11.3 Å². The number of aryl methyl sites for hydroxylation is 1. The van der Waals surface area contributed by atoms with Gasteiger partial charge in [-0.2, -0.15) is 5.10 Å². The van der Waals surface area contributed by atoms with E-state index in [1.165, 1.54) is 0 Å². The first-order chi connectivity index (χ1) is 11.8. The van der Waals surface area contributed by atoms with Crippen molar-refractivity contribution in [1.82, 2.24) is 10.2 Å². The largest absolute Gasteiger partial charge is 0.399 e. The normalized spacial score (nSPS) is 11.3. The summed E-state index contributed by atoms with van der Waals surface area (Å²) >= 11 is 0. The van der Waals surface area contributed by atoms with Gasteiger partial charge in [0, 0.05) is 23.1 Å². The van der Waals surface area contributed by atoms with E-state index in [4.69, 9.17) is 5.73 Å². The maximum absolute atomic E-state index is 11.3. The molecule has 8 heteroatoms. The lowest BCUT2D eigenvalue weighted by molar-refractivity contribution is 0.607. The molecule has 0 saturated carbocycles. The Morgan fingerprint density at radius 1 is 1.08 bits per heavy atom. The van der Waals surface area contributed by atoms with Crippen molar-refractivity contribution in [3.05, 3.63) is 54.1 Å². The van der Waals surface area contributed by atoms with Gasteiger partial charge in [-0.1, -0.05) is 12.1 Å². The van der Waals surface area contributed by atoms with Crippen LogP contribution in [-0.4, -0.2) is 24.9 Å². The molecule has 0 aliphatic rings. The molecule has 3 aromatic rings. The summed E-state index contributed by atoms with van der Waals surface area (Å²) in [6, 6.07) is 14.7. The van der Waals surface area contributed by atoms with Crippen LogP contribution in [0.3, 0.4) is 0 Å². The number of hydrogen-bond donors (Lipinski definition) is 4. The van der Waals surface area contributed by atoms with Crippen molar-refractivity contribution in [2.24, 2.45) is 0 Å². The Kier molecular flexibility index (Phi) is 4.37. The number of rotatable bonds is 5. The van der Waals surface area contributed by atoms with Gasteiger partial charge in [-0.05, 0) is 48.4 Å². The molecular weight excluding hydrogens is 338 g/mol. The SMILES string of the molecule is Cc1cc(NS(C)(=O)=O)ccc1Nc1cc(-c2ccc(N)cc2)[nH]n1. The predicted molar refractivity (Wildman–Crippen MR) is 101 cm³/mol. The molecule has 0 unspecified atom stereocenters. The highest BCUT2D eigenvalue weighted by Crippen LogP contribution is 2.26. The lowest BCUT2D eigenvalue weighted by Crippen LogP contribution is -2.09. The van der Waals surface area contributed by atoms with Gasteiger partial charge in [-0.15, -0.1) is 0 Å². The molecule has 0 saturated heterocycles. The van der Waals surface area contributed by atoms with Gasteiger partial charge in [0.05, 0.1) is 11.9 Å². The highest BCUT2D eigenvalue weighted by Gasteiger charge is 2.07.